The third-order valence-electron chi connectivity index (χ3n) is 3.31. The van der Waals surface area contributed by atoms with Gasteiger partial charge in [0.15, 0.2) is 5.16 Å². The number of rotatable bonds is 6. The first-order valence-electron chi connectivity index (χ1n) is 7.62. The van der Waals surface area contributed by atoms with Crippen LogP contribution in [0, 0.1) is 13.8 Å². The first-order chi connectivity index (χ1) is 11.7. The fraction of sp³-hybridized carbons (Fsp3) is 0.353. The molecule has 0 saturated carbocycles. The average molecular weight is 369 g/mol. The summed E-state index contributed by atoms with van der Waals surface area (Å²) in [6.45, 7) is 4.09. The number of benzene rings is 1. The molecule has 0 bridgehead atoms. The minimum atomic E-state index is -4.33. The molecule has 0 unspecified atom stereocenters. The number of alkyl halides is 3. The lowest BCUT2D eigenvalue weighted by Gasteiger charge is -2.08. The second-order valence-corrected chi connectivity index (χ2v) is 6.46. The third-order valence-corrected chi connectivity index (χ3v) is 4.16. The van der Waals surface area contributed by atoms with Crippen LogP contribution in [-0.4, -0.2) is 28.2 Å². The van der Waals surface area contributed by atoms with E-state index in [0.29, 0.717) is 18.1 Å². The molecule has 0 aliphatic heterocycles. The highest BCUT2D eigenvalue weighted by Gasteiger charge is 2.29. The molecular weight excluding hydrogens is 351 g/mol. The summed E-state index contributed by atoms with van der Waals surface area (Å²) >= 11 is 1.25. The van der Waals surface area contributed by atoms with Crippen molar-refractivity contribution in [3.8, 4) is 0 Å². The number of nitrogens with zero attached hydrogens (tertiary/aromatic N) is 2. The average Bonchev–Trinajstić information content (AvgIpc) is 2.52. The Kier molecular flexibility index (Phi) is 6.41. The van der Waals surface area contributed by atoms with Crippen molar-refractivity contribution < 1.29 is 18.0 Å². The highest BCUT2D eigenvalue weighted by Crippen LogP contribution is 2.29. The van der Waals surface area contributed by atoms with E-state index in [0.717, 1.165) is 29.1 Å². The minimum Gasteiger partial charge on any atom is -0.355 e. The van der Waals surface area contributed by atoms with Crippen molar-refractivity contribution in [1.29, 1.82) is 0 Å². The number of amides is 1. The smallest absolute Gasteiger partial charge is 0.355 e. The second kappa shape index (κ2) is 8.33. The summed E-state index contributed by atoms with van der Waals surface area (Å²) in [5, 5.41) is 3.29. The molecule has 2 aromatic rings. The van der Waals surface area contributed by atoms with Crippen LogP contribution in [0.25, 0.3) is 0 Å². The molecule has 1 aromatic heterocycles. The first kappa shape index (κ1) is 19.2. The van der Waals surface area contributed by atoms with Crippen molar-refractivity contribution in [2.75, 3.05) is 12.3 Å². The topological polar surface area (TPSA) is 54.9 Å². The Balaban J connectivity index is 1.75. The molecule has 4 nitrogen and oxygen atoms in total. The van der Waals surface area contributed by atoms with Crippen molar-refractivity contribution in [3.63, 3.8) is 0 Å². The number of hydrogen-bond donors (Lipinski definition) is 1. The number of halogens is 3. The van der Waals surface area contributed by atoms with Crippen LogP contribution < -0.4 is 5.32 Å². The molecule has 0 aliphatic carbocycles. The number of nitrogens with one attached hydrogen (secondary N) is 1. The molecule has 1 heterocycles. The zero-order chi connectivity index (χ0) is 18.4. The number of thioether (sulfide) groups is 1. The maximum absolute atomic E-state index is 12.5. The Bertz CT molecular complexity index is 713. The van der Waals surface area contributed by atoms with E-state index < -0.39 is 11.7 Å². The quantitative estimate of drug-likeness (QED) is 0.625. The molecule has 25 heavy (non-hydrogen) atoms. The van der Waals surface area contributed by atoms with Gasteiger partial charge in [0.05, 0.1) is 11.3 Å². The number of aromatic nitrogens is 2. The fourth-order valence-electron chi connectivity index (χ4n) is 2.15. The van der Waals surface area contributed by atoms with Crippen LogP contribution >= 0.6 is 11.8 Å². The highest BCUT2D eigenvalue weighted by molar-refractivity contribution is 7.99. The first-order valence-corrected chi connectivity index (χ1v) is 8.60. The Morgan fingerprint density at radius 2 is 1.72 bits per heavy atom. The number of aryl methyl sites for hydroxylation is 2. The third kappa shape index (κ3) is 6.38. The maximum Gasteiger partial charge on any atom is 0.416 e. The van der Waals surface area contributed by atoms with E-state index in [9.17, 15) is 18.0 Å². The second-order valence-electron chi connectivity index (χ2n) is 5.52. The summed E-state index contributed by atoms with van der Waals surface area (Å²) in [7, 11) is 0. The number of carbonyl (C=O) groups excluding carboxylic acids is 1. The summed E-state index contributed by atoms with van der Waals surface area (Å²) < 4.78 is 37.4. The highest BCUT2D eigenvalue weighted by atomic mass is 32.2. The Morgan fingerprint density at radius 3 is 2.28 bits per heavy atom. The van der Waals surface area contributed by atoms with Gasteiger partial charge in [0, 0.05) is 17.9 Å². The Labute approximate surface area is 148 Å². The van der Waals surface area contributed by atoms with E-state index in [-0.39, 0.29) is 11.7 Å². The van der Waals surface area contributed by atoms with Gasteiger partial charge in [-0.1, -0.05) is 23.9 Å². The van der Waals surface area contributed by atoms with Gasteiger partial charge in [-0.3, -0.25) is 4.79 Å². The molecule has 134 valence electrons. The van der Waals surface area contributed by atoms with Gasteiger partial charge in [-0.2, -0.15) is 13.2 Å². The van der Waals surface area contributed by atoms with Crippen molar-refractivity contribution >= 4 is 17.7 Å². The van der Waals surface area contributed by atoms with Crippen LogP contribution in [-0.2, 0) is 17.4 Å². The number of hydrogen-bond acceptors (Lipinski definition) is 4. The lowest BCUT2D eigenvalue weighted by molar-refractivity contribution is -0.137. The van der Waals surface area contributed by atoms with E-state index in [4.69, 9.17) is 0 Å². The van der Waals surface area contributed by atoms with Crippen LogP contribution in [0.2, 0.25) is 0 Å². The van der Waals surface area contributed by atoms with E-state index in [1.54, 1.807) is 0 Å². The molecular formula is C17H18F3N3OS. The van der Waals surface area contributed by atoms with Crippen LogP contribution in [0.15, 0.2) is 35.5 Å². The molecule has 0 aliphatic rings. The van der Waals surface area contributed by atoms with E-state index in [1.165, 1.54) is 23.9 Å². The normalized spacial score (nSPS) is 11.4. The van der Waals surface area contributed by atoms with E-state index in [2.05, 4.69) is 15.3 Å². The van der Waals surface area contributed by atoms with Gasteiger partial charge in [-0.15, -0.1) is 0 Å². The van der Waals surface area contributed by atoms with Gasteiger partial charge in [0.25, 0.3) is 0 Å². The zero-order valence-electron chi connectivity index (χ0n) is 13.9. The fourth-order valence-corrected chi connectivity index (χ4v) is 2.93. The SMILES string of the molecule is Cc1cc(C)nc(SCC(=O)NCCc2ccc(C(F)(F)F)cc2)n1. The van der Waals surface area contributed by atoms with Crippen LogP contribution in [0.3, 0.4) is 0 Å². The molecule has 0 spiro atoms. The predicted molar refractivity (Wildman–Crippen MR) is 90.4 cm³/mol. The van der Waals surface area contributed by atoms with Crippen LogP contribution in [0.4, 0.5) is 13.2 Å². The lowest BCUT2D eigenvalue weighted by Crippen LogP contribution is -2.27. The van der Waals surface area contributed by atoms with Crippen LogP contribution in [0.1, 0.15) is 22.5 Å². The Hall–Kier alpha value is -2.09. The summed E-state index contributed by atoms with van der Waals surface area (Å²) in [5.41, 5.74) is 1.75. The van der Waals surface area contributed by atoms with Crippen molar-refractivity contribution in [2.45, 2.75) is 31.6 Å². The lowest BCUT2D eigenvalue weighted by atomic mass is 10.1. The Morgan fingerprint density at radius 1 is 1.12 bits per heavy atom. The van der Waals surface area contributed by atoms with Gasteiger partial charge in [0.2, 0.25) is 5.91 Å². The van der Waals surface area contributed by atoms with Crippen molar-refractivity contribution in [2.24, 2.45) is 0 Å². The predicted octanol–water partition coefficient (Wildman–Crippen LogP) is 3.56. The molecule has 0 atom stereocenters. The van der Waals surface area contributed by atoms with Gasteiger partial charge in [-0.05, 0) is 44.0 Å². The molecule has 1 aromatic carbocycles. The molecule has 1 amide bonds. The summed E-state index contributed by atoms with van der Waals surface area (Å²) in [5.74, 6) is 0.0234. The van der Waals surface area contributed by atoms with Crippen LogP contribution in [0.5, 0.6) is 0 Å². The standard InChI is InChI=1S/C17H18F3N3OS/c1-11-9-12(2)23-16(22-11)25-10-15(24)21-8-7-13-3-5-14(6-4-13)17(18,19)20/h3-6,9H,7-8,10H2,1-2H3,(H,21,24). The number of carbonyl (C=O) groups is 1. The maximum atomic E-state index is 12.5. The molecule has 2 rings (SSSR count). The van der Waals surface area contributed by atoms with Gasteiger partial charge in [-0.25, -0.2) is 9.97 Å². The van der Waals surface area contributed by atoms with Crippen molar-refractivity contribution in [3.05, 3.63) is 52.8 Å². The summed E-state index contributed by atoms with van der Waals surface area (Å²) in [4.78, 5) is 20.3. The van der Waals surface area contributed by atoms with E-state index in [1.807, 2.05) is 19.9 Å². The minimum absolute atomic E-state index is 0.167. The molecule has 1 N–H and O–H groups in total. The molecule has 0 fully saturated rings. The monoisotopic (exact) mass is 369 g/mol. The van der Waals surface area contributed by atoms with Gasteiger partial charge >= 0.3 is 6.18 Å². The van der Waals surface area contributed by atoms with Crippen molar-refractivity contribution in [1.82, 2.24) is 15.3 Å². The van der Waals surface area contributed by atoms with Gasteiger partial charge in [0.1, 0.15) is 0 Å². The molecule has 8 heteroatoms. The van der Waals surface area contributed by atoms with Gasteiger partial charge < -0.3 is 5.32 Å². The van der Waals surface area contributed by atoms with E-state index >= 15 is 0 Å². The zero-order valence-corrected chi connectivity index (χ0v) is 14.7. The largest absolute Gasteiger partial charge is 0.416 e. The summed E-state index contributed by atoms with van der Waals surface area (Å²) in [6.07, 6.45) is -3.87. The summed E-state index contributed by atoms with van der Waals surface area (Å²) in [6, 6.07) is 6.79. The molecule has 0 saturated heterocycles. The molecule has 0 radical (unpaired) electrons.